The molecule has 0 aliphatic heterocycles. The van der Waals surface area contributed by atoms with Crippen LogP contribution < -0.4 is 5.32 Å². The molecule has 110 valence electrons. The molecule has 0 aliphatic rings. The van der Waals surface area contributed by atoms with Gasteiger partial charge >= 0.3 is 5.97 Å². The van der Waals surface area contributed by atoms with Gasteiger partial charge in [-0.25, -0.2) is 9.18 Å². The topological polar surface area (TPSA) is 86.6 Å². The van der Waals surface area contributed by atoms with Crippen molar-refractivity contribution < 1.29 is 24.2 Å². The number of nitrogens with one attached hydrogen (secondary N) is 1. The molecule has 20 heavy (non-hydrogen) atoms. The van der Waals surface area contributed by atoms with Crippen LogP contribution in [0.4, 0.5) is 4.39 Å². The molecule has 0 spiro atoms. The number of aliphatic hydroxyl groups is 1. The van der Waals surface area contributed by atoms with Crippen LogP contribution in [0.3, 0.4) is 0 Å². The lowest BCUT2D eigenvalue weighted by Gasteiger charge is -2.19. The van der Waals surface area contributed by atoms with Crippen LogP contribution in [0, 0.1) is 5.82 Å². The molecule has 1 aromatic rings. The number of hydrogen-bond donors (Lipinski definition) is 3. The molecular formula is C14H18FNO4. The minimum atomic E-state index is -1.99. The molecule has 2 atom stereocenters. The molecule has 1 aromatic carbocycles. The van der Waals surface area contributed by atoms with Crippen molar-refractivity contribution in [3.05, 3.63) is 35.6 Å². The van der Waals surface area contributed by atoms with E-state index in [0.717, 1.165) is 12.5 Å². The first-order valence-electron chi connectivity index (χ1n) is 6.20. The van der Waals surface area contributed by atoms with Gasteiger partial charge in [0.2, 0.25) is 5.91 Å². The lowest BCUT2D eigenvalue weighted by Crippen LogP contribution is -2.46. The Hall–Kier alpha value is -1.95. The Morgan fingerprint density at radius 3 is 2.40 bits per heavy atom. The minimum absolute atomic E-state index is 0.126. The number of carboxylic acid groups (broad SMARTS) is 1. The second-order valence-corrected chi connectivity index (χ2v) is 5.01. The molecule has 0 saturated carbocycles. The van der Waals surface area contributed by atoms with Gasteiger partial charge in [0.05, 0.1) is 6.54 Å². The minimum Gasteiger partial charge on any atom is -0.479 e. The lowest BCUT2D eigenvalue weighted by molar-refractivity contribution is -0.156. The first-order valence-corrected chi connectivity index (χ1v) is 6.20. The zero-order valence-electron chi connectivity index (χ0n) is 11.4. The van der Waals surface area contributed by atoms with Crippen LogP contribution in [0.5, 0.6) is 0 Å². The summed E-state index contributed by atoms with van der Waals surface area (Å²) in [4.78, 5) is 22.3. The molecule has 3 N–H and O–H groups in total. The summed E-state index contributed by atoms with van der Waals surface area (Å²) >= 11 is 0. The Morgan fingerprint density at radius 2 is 1.90 bits per heavy atom. The van der Waals surface area contributed by atoms with E-state index in [4.69, 9.17) is 5.11 Å². The SMILES string of the molecule is CC(CC(=O)NCC(C)(O)C(=O)O)c1ccc(F)cc1. The third-order valence-electron chi connectivity index (χ3n) is 3.02. The average molecular weight is 283 g/mol. The quantitative estimate of drug-likeness (QED) is 0.734. The number of benzene rings is 1. The predicted molar refractivity (Wildman–Crippen MR) is 70.7 cm³/mol. The molecule has 5 nitrogen and oxygen atoms in total. The maximum Gasteiger partial charge on any atom is 0.337 e. The molecule has 6 heteroatoms. The van der Waals surface area contributed by atoms with E-state index in [0.29, 0.717) is 0 Å². The van der Waals surface area contributed by atoms with Crippen LogP contribution in [0.15, 0.2) is 24.3 Å². The standard InChI is InChI=1S/C14H18FNO4/c1-9(10-3-5-11(15)6-4-10)7-12(17)16-8-14(2,20)13(18)19/h3-6,9,20H,7-8H2,1-2H3,(H,16,17)(H,18,19). The van der Waals surface area contributed by atoms with E-state index in [2.05, 4.69) is 5.32 Å². The highest BCUT2D eigenvalue weighted by Crippen LogP contribution is 2.19. The summed E-state index contributed by atoms with van der Waals surface area (Å²) in [6, 6.07) is 5.83. The average Bonchev–Trinajstić information content (AvgIpc) is 2.37. The van der Waals surface area contributed by atoms with Crippen molar-refractivity contribution in [2.75, 3.05) is 6.54 Å². The van der Waals surface area contributed by atoms with Gasteiger partial charge in [0.1, 0.15) is 5.82 Å². The third-order valence-corrected chi connectivity index (χ3v) is 3.02. The van der Waals surface area contributed by atoms with Crippen LogP contribution >= 0.6 is 0 Å². The van der Waals surface area contributed by atoms with Crippen molar-refractivity contribution in [1.29, 1.82) is 0 Å². The summed E-state index contributed by atoms with van der Waals surface area (Å²) in [6.07, 6.45) is 0.126. The van der Waals surface area contributed by atoms with Gasteiger partial charge in [0, 0.05) is 6.42 Å². The number of carbonyl (C=O) groups is 2. The summed E-state index contributed by atoms with van der Waals surface area (Å²) in [5.74, 6) is -2.25. The third kappa shape index (κ3) is 4.62. The van der Waals surface area contributed by atoms with E-state index in [1.54, 1.807) is 12.1 Å². The summed E-state index contributed by atoms with van der Waals surface area (Å²) in [5.41, 5.74) is -1.18. The largest absolute Gasteiger partial charge is 0.479 e. The number of hydrogen-bond acceptors (Lipinski definition) is 3. The van der Waals surface area contributed by atoms with Crippen molar-refractivity contribution in [2.45, 2.75) is 31.8 Å². The summed E-state index contributed by atoms with van der Waals surface area (Å²) < 4.78 is 12.8. The first-order chi connectivity index (χ1) is 9.22. The number of carboxylic acids is 1. The second-order valence-electron chi connectivity index (χ2n) is 5.01. The molecule has 0 radical (unpaired) electrons. The number of rotatable bonds is 6. The highest BCUT2D eigenvalue weighted by atomic mass is 19.1. The molecule has 0 fully saturated rings. The molecule has 0 aliphatic carbocycles. The smallest absolute Gasteiger partial charge is 0.337 e. The lowest BCUT2D eigenvalue weighted by atomic mass is 9.97. The van der Waals surface area contributed by atoms with E-state index in [-0.39, 0.29) is 30.6 Å². The Balaban J connectivity index is 2.50. The Morgan fingerprint density at radius 1 is 1.35 bits per heavy atom. The van der Waals surface area contributed by atoms with E-state index in [9.17, 15) is 19.1 Å². The highest BCUT2D eigenvalue weighted by Gasteiger charge is 2.30. The molecule has 0 aromatic heterocycles. The first kappa shape index (κ1) is 16.1. The van der Waals surface area contributed by atoms with Gasteiger partial charge in [-0.05, 0) is 30.5 Å². The second kappa shape index (κ2) is 6.47. The molecule has 0 saturated heterocycles. The summed E-state index contributed by atoms with van der Waals surface area (Å²) in [6.45, 7) is 2.55. The van der Waals surface area contributed by atoms with Gasteiger partial charge < -0.3 is 15.5 Å². The van der Waals surface area contributed by atoms with Crippen molar-refractivity contribution in [3.8, 4) is 0 Å². The van der Waals surface area contributed by atoms with Crippen molar-refractivity contribution in [2.24, 2.45) is 0 Å². The monoisotopic (exact) mass is 283 g/mol. The van der Waals surface area contributed by atoms with E-state index in [1.165, 1.54) is 12.1 Å². The summed E-state index contributed by atoms with van der Waals surface area (Å²) in [7, 11) is 0. The molecule has 1 amide bonds. The molecule has 0 bridgehead atoms. The van der Waals surface area contributed by atoms with Crippen LogP contribution in [0.25, 0.3) is 0 Å². The molecule has 0 heterocycles. The zero-order chi connectivity index (χ0) is 15.3. The number of aliphatic carboxylic acids is 1. The van der Waals surface area contributed by atoms with Crippen molar-refractivity contribution in [3.63, 3.8) is 0 Å². The molecule has 1 rings (SSSR count). The Kier molecular flexibility index (Phi) is 5.21. The Labute approximate surface area is 116 Å². The number of carbonyl (C=O) groups excluding carboxylic acids is 1. The van der Waals surface area contributed by atoms with Crippen LogP contribution in [0.2, 0.25) is 0 Å². The fourth-order valence-electron chi connectivity index (χ4n) is 1.61. The zero-order valence-corrected chi connectivity index (χ0v) is 11.4. The van der Waals surface area contributed by atoms with Gasteiger partial charge in [0.15, 0.2) is 5.60 Å². The van der Waals surface area contributed by atoms with Crippen molar-refractivity contribution >= 4 is 11.9 Å². The van der Waals surface area contributed by atoms with Gasteiger partial charge in [-0.15, -0.1) is 0 Å². The van der Waals surface area contributed by atoms with Crippen LogP contribution in [-0.4, -0.2) is 34.2 Å². The van der Waals surface area contributed by atoms with Gasteiger partial charge in [-0.1, -0.05) is 19.1 Å². The molecular weight excluding hydrogens is 265 g/mol. The van der Waals surface area contributed by atoms with E-state index < -0.39 is 11.6 Å². The number of amides is 1. The normalized spacial score (nSPS) is 15.2. The summed E-state index contributed by atoms with van der Waals surface area (Å²) in [5, 5.41) is 20.5. The van der Waals surface area contributed by atoms with Crippen LogP contribution in [0.1, 0.15) is 31.7 Å². The van der Waals surface area contributed by atoms with Crippen LogP contribution in [-0.2, 0) is 9.59 Å². The van der Waals surface area contributed by atoms with E-state index >= 15 is 0 Å². The fourth-order valence-corrected chi connectivity index (χ4v) is 1.61. The molecule has 2 unspecified atom stereocenters. The maximum absolute atomic E-state index is 12.8. The van der Waals surface area contributed by atoms with Crippen molar-refractivity contribution in [1.82, 2.24) is 5.32 Å². The Bertz CT molecular complexity index is 484. The maximum atomic E-state index is 12.8. The fraction of sp³-hybridized carbons (Fsp3) is 0.429. The predicted octanol–water partition coefficient (Wildman–Crippen LogP) is 1.27. The van der Waals surface area contributed by atoms with Gasteiger partial charge in [-0.2, -0.15) is 0 Å². The number of halogens is 1. The van der Waals surface area contributed by atoms with Gasteiger partial charge in [-0.3, -0.25) is 4.79 Å². The van der Waals surface area contributed by atoms with E-state index in [1.807, 2.05) is 6.92 Å². The highest BCUT2D eigenvalue weighted by molar-refractivity contribution is 5.80. The van der Waals surface area contributed by atoms with Gasteiger partial charge in [0.25, 0.3) is 0 Å².